The first kappa shape index (κ1) is 19.6. The number of hydrogen-bond acceptors (Lipinski definition) is 4. The molecule has 0 heterocycles. The van der Waals surface area contributed by atoms with Gasteiger partial charge < -0.3 is 19.9 Å². The van der Waals surface area contributed by atoms with E-state index in [2.05, 4.69) is 26.0 Å². The van der Waals surface area contributed by atoms with Gasteiger partial charge in [0.05, 0.1) is 11.6 Å². The van der Waals surface area contributed by atoms with Crippen molar-refractivity contribution in [2.75, 3.05) is 7.11 Å². The monoisotopic (exact) mass is 395 g/mol. The number of benzene rings is 1. The zero-order valence-electron chi connectivity index (χ0n) is 12.9. The molecule has 1 rings (SSSR count). The molecule has 0 amide bonds. The fraction of sp³-hybridized carbons (Fsp3) is 0.533. The zero-order valence-corrected chi connectivity index (χ0v) is 14.5. The molecular weight excluding hydrogens is 376 g/mol. The molecule has 0 aliphatic rings. The maximum Gasteiger partial charge on any atom is 0.387 e. The molecule has 1 atom stereocenters. The van der Waals surface area contributed by atoms with Crippen molar-refractivity contribution in [3.63, 3.8) is 0 Å². The van der Waals surface area contributed by atoms with E-state index in [0.717, 1.165) is 12.8 Å². The van der Waals surface area contributed by atoms with Gasteiger partial charge in [-0.05, 0) is 40.0 Å². The van der Waals surface area contributed by atoms with Gasteiger partial charge in [-0.3, -0.25) is 4.79 Å². The largest absolute Gasteiger partial charge is 0.493 e. The molecule has 0 radical (unpaired) electrons. The smallest absolute Gasteiger partial charge is 0.387 e. The highest BCUT2D eigenvalue weighted by atomic mass is 79.9. The van der Waals surface area contributed by atoms with Crippen LogP contribution in [0.5, 0.6) is 11.5 Å². The summed E-state index contributed by atoms with van der Waals surface area (Å²) in [5.41, 5.74) is 0.693. The van der Waals surface area contributed by atoms with Gasteiger partial charge in [0.2, 0.25) is 0 Å². The summed E-state index contributed by atoms with van der Waals surface area (Å²) in [5.74, 6) is -0.855. The topological polar surface area (TPSA) is 67.8 Å². The van der Waals surface area contributed by atoms with Gasteiger partial charge in [-0.25, -0.2) is 0 Å². The van der Waals surface area contributed by atoms with Gasteiger partial charge in [0.15, 0.2) is 11.5 Å². The normalized spacial score (nSPS) is 12.3. The van der Waals surface area contributed by atoms with Crippen LogP contribution in [0.4, 0.5) is 8.78 Å². The van der Waals surface area contributed by atoms with Gasteiger partial charge >= 0.3 is 12.6 Å². The van der Waals surface area contributed by atoms with Crippen molar-refractivity contribution < 1.29 is 28.2 Å². The SMILES string of the molecule is CCCCC(NCc1cc(Br)c(OC(F)F)c(OC)c1)C(=O)O. The third-order valence-corrected chi connectivity index (χ3v) is 3.78. The second kappa shape index (κ2) is 9.67. The molecule has 2 N–H and O–H groups in total. The highest BCUT2D eigenvalue weighted by Crippen LogP contribution is 2.37. The lowest BCUT2D eigenvalue weighted by atomic mass is 10.1. The van der Waals surface area contributed by atoms with Crippen LogP contribution in [0.3, 0.4) is 0 Å². The van der Waals surface area contributed by atoms with Crippen LogP contribution in [-0.2, 0) is 11.3 Å². The van der Waals surface area contributed by atoms with Crippen LogP contribution in [0.25, 0.3) is 0 Å². The molecule has 0 spiro atoms. The molecule has 23 heavy (non-hydrogen) atoms. The minimum absolute atomic E-state index is 0.0907. The van der Waals surface area contributed by atoms with Crippen molar-refractivity contribution >= 4 is 21.9 Å². The minimum atomic E-state index is -2.96. The first-order valence-corrected chi connectivity index (χ1v) is 7.95. The van der Waals surface area contributed by atoms with Gasteiger partial charge in [0.25, 0.3) is 0 Å². The molecule has 1 aromatic carbocycles. The standard InChI is InChI=1S/C15H20BrF2NO4/c1-3-4-5-11(14(20)21)19-8-9-6-10(16)13(23-15(17)18)12(7-9)22-2/h6-7,11,15,19H,3-5,8H2,1-2H3,(H,20,21). The molecule has 0 fully saturated rings. The molecule has 130 valence electrons. The van der Waals surface area contributed by atoms with Gasteiger partial charge in [-0.2, -0.15) is 8.78 Å². The number of hydrogen-bond donors (Lipinski definition) is 2. The van der Waals surface area contributed by atoms with E-state index in [1.54, 1.807) is 6.07 Å². The van der Waals surface area contributed by atoms with E-state index in [1.165, 1.54) is 13.2 Å². The van der Waals surface area contributed by atoms with E-state index in [1.807, 2.05) is 6.92 Å². The van der Waals surface area contributed by atoms with Crippen molar-refractivity contribution in [3.05, 3.63) is 22.2 Å². The maximum absolute atomic E-state index is 12.4. The molecule has 0 aromatic heterocycles. The van der Waals surface area contributed by atoms with Crippen LogP contribution in [0, 0.1) is 0 Å². The number of carbonyl (C=O) groups is 1. The number of nitrogens with one attached hydrogen (secondary N) is 1. The van der Waals surface area contributed by atoms with Crippen molar-refractivity contribution in [2.45, 2.75) is 45.4 Å². The van der Waals surface area contributed by atoms with Gasteiger partial charge in [0.1, 0.15) is 6.04 Å². The van der Waals surface area contributed by atoms with E-state index >= 15 is 0 Å². The van der Waals surface area contributed by atoms with E-state index in [-0.39, 0.29) is 18.0 Å². The number of carboxylic acid groups (broad SMARTS) is 1. The third-order valence-electron chi connectivity index (χ3n) is 3.19. The number of alkyl halides is 2. The summed E-state index contributed by atoms with van der Waals surface area (Å²) in [7, 11) is 1.35. The van der Waals surface area contributed by atoms with Crippen LogP contribution in [0.1, 0.15) is 31.7 Å². The molecular formula is C15H20BrF2NO4. The fourth-order valence-electron chi connectivity index (χ4n) is 2.04. The predicted octanol–water partition coefficient (Wildman–Crippen LogP) is 3.79. The summed E-state index contributed by atoms with van der Waals surface area (Å²) in [4.78, 5) is 11.2. The van der Waals surface area contributed by atoms with E-state index < -0.39 is 18.6 Å². The Morgan fingerprint density at radius 2 is 2.13 bits per heavy atom. The van der Waals surface area contributed by atoms with E-state index in [9.17, 15) is 18.7 Å². The molecule has 1 aromatic rings. The Labute approximate surface area is 142 Å². The van der Waals surface area contributed by atoms with Crippen LogP contribution in [-0.4, -0.2) is 30.8 Å². The van der Waals surface area contributed by atoms with Crippen molar-refractivity contribution in [2.24, 2.45) is 0 Å². The maximum atomic E-state index is 12.4. The number of carboxylic acids is 1. The van der Waals surface area contributed by atoms with Gasteiger partial charge in [0, 0.05) is 6.54 Å². The molecule has 8 heteroatoms. The highest BCUT2D eigenvalue weighted by molar-refractivity contribution is 9.10. The molecule has 1 unspecified atom stereocenters. The minimum Gasteiger partial charge on any atom is -0.493 e. The molecule has 0 aliphatic carbocycles. The third kappa shape index (κ3) is 6.31. The number of ether oxygens (including phenoxy) is 2. The highest BCUT2D eigenvalue weighted by Gasteiger charge is 2.18. The first-order chi connectivity index (χ1) is 10.9. The Bertz CT molecular complexity index is 528. The molecule has 0 saturated heterocycles. The average Bonchev–Trinajstić information content (AvgIpc) is 2.48. The van der Waals surface area contributed by atoms with Crippen molar-refractivity contribution in [1.29, 1.82) is 0 Å². The molecule has 0 saturated carbocycles. The van der Waals surface area contributed by atoms with Gasteiger partial charge in [-0.1, -0.05) is 19.8 Å². The van der Waals surface area contributed by atoms with Crippen LogP contribution in [0.2, 0.25) is 0 Å². The Morgan fingerprint density at radius 1 is 1.43 bits per heavy atom. The Kier molecular flexibility index (Phi) is 8.25. The average molecular weight is 396 g/mol. The van der Waals surface area contributed by atoms with Crippen molar-refractivity contribution in [3.8, 4) is 11.5 Å². The van der Waals surface area contributed by atoms with Crippen LogP contribution >= 0.6 is 15.9 Å². The lowest BCUT2D eigenvalue weighted by Gasteiger charge is -2.16. The van der Waals surface area contributed by atoms with Crippen molar-refractivity contribution in [1.82, 2.24) is 5.32 Å². The summed E-state index contributed by atoms with van der Waals surface area (Å²) >= 11 is 3.16. The Hall–Kier alpha value is -1.41. The molecule has 0 aliphatic heterocycles. The Balaban J connectivity index is 2.84. The fourth-order valence-corrected chi connectivity index (χ4v) is 2.62. The summed E-state index contributed by atoms with van der Waals surface area (Å²) < 4.78 is 34.6. The van der Waals surface area contributed by atoms with Crippen LogP contribution in [0.15, 0.2) is 16.6 Å². The number of rotatable bonds is 10. The summed E-state index contributed by atoms with van der Waals surface area (Å²) in [6.07, 6.45) is 2.24. The number of aliphatic carboxylic acids is 1. The summed E-state index contributed by atoms with van der Waals surface area (Å²) in [6, 6.07) is 2.47. The molecule has 0 bridgehead atoms. The number of unbranched alkanes of at least 4 members (excludes halogenated alkanes) is 1. The molecule has 5 nitrogen and oxygen atoms in total. The summed E-state index contributed by atoms with van der Waals surface area (Å²) in [6.45, 7) is -0.706. The van der Waals surface area contributed by atoms with Gasteiger partial charge in [-0.15, -0.1) is 0 Å². The lowest BCUT2D eigenvalue weighted by Crippen LogP contribution is -2.36. The number of methoxy groups -OCH3 is 1. The predicted molar refractivity (Wildman–Crippen MR) is 85.1 cm³/mol. The summed E-state index contributed by atoms with van der Waals surface area (Å²) in [5, 5.41) is 12.1. The first-order valence-electron chi connectivity index (χ1n) is 7.16. The Morgan fingerprint density at radius 3 is 2.65 bits per heavy atom. The van der Waals surface area contributed by atoms with Crippen LogP contribution < -0.4 is 14.8 Å². The quantitative estimate of drug-likeness (QED) is 0.630. The lowest BCUT2D eigenvalue weighted by molar-refractivity contribution is -0.139. The second-order valence-corrected chi connectivity index (χ2v) is 5.76. The number of halogens is 3. The van der Waals surface area contributed by atoms with E-state index in [0.29, 0.717) is 16.5 Å². The second-order valence-electron chi connectivity index (χ2n) is 4.90. The van der Waals surface area contributed by atoms with E-state index in [4.69, 9.17) is 4.74 Å². The zero-order chi connectivity index (χ0) is 17.4.